The maximum atomic E-state index is 12.3. The topological polar surface area (TPSA) is 61.4 Å². The van der Waals surface area contributed by atoms with Crippen LogP contribution in [0, 0.1) is 5.92 Å². The van der Waals surface area contributed by atoms with Crippen molar-refractivity contribution in [2.75, 3.05) is 13.1 Å². The Hall–Kier alpha value is -0.610. The van der Waals surface area contributed by atoms with E-state index >= 15 is 0 Å². The predicted octanol–water partition coefficient (Wildman–Crippen LogP) is 1.43. The van der Waals surface area contributed by atoms with E-state index in [1.165, 1.54) is 0 Å². The van der Waals surface area contributed by atoms with E-state index in [1.54, 1.807) is 0 Å². The van der Waals surface area contributed by atoms with Crippen LogP contribution >= 0.6 is 0 Å². The molecule has 1 aliphatic rings. The quantitative estimate of drug-likeness (QED) is 0.646. The number of hydrogen-bond acceptors (Lipinski definition) is 3. The molecule has 0 aromatic heterocycles. The standard InChI is InChI=1S/C14H28N2O2/c1-4-12(17)10-16-14(7-5-6-8-14)13(18)15-9-11(2)3/h11-12,16-17H,4-10H2,1-3H3,(H,15,18)/t12-/m1/s1. The lowest BCUT2D eigenvalue weighted by molar-refractivity contribution is -0.127. The van der Waals surface area contributed by atoms with Crippen LogP contribution in [0.25, 0.3) is 0 Å². The van der Waals surface area contributed by atoms with Gasteiger partial charge in [-0.25, -0.2) is 0 Å². The first kappa shape index (κ1) is 15.4. The fourth-order valence-corrected chi connectivity index (χ4v) is 2.39. The number of hydrogen-bond donors (Lipinski definition) is 3. The van der Waals surface area contributed by atoms with Crippen molar-refractivity contribution >= 4 is 5.91 Å². The van der Waals surface area contributed by atoms with E-state index in [4.69, 9.17) is 0 Å². The molecule has 0 radical (unpaired) electrons. The molecule has 1 rings (SSSR count). The molecule has 1 saturated carbocycles. The summed E-state index contributed by atoms with van der Waals surface area (Å²) in [6, 6.07) is 0. The molecular weight excluding hydrogens is 228 g/mol. The van der Waals surface area contributed by atoms with Crippen molar-refractivity contribution in [2.24, 2.45) is 5.92 Å². The van der Waals surface area contributed by atoms with E-state index in [1.807, 2.05) is 6.92 Å². The minimum Gasteiger partial charge on any atom is -0.392 e. The molecule has 4 heteroatoms. The van der Waals surface area contributed by atoms with E-state index in [9.17, 15) is 9.90 Å². The summed E-state index contributed by atoms with van der Waals surface area (Å²) >= 11 is 0. The number of aliphatic hydroxyl groups excluding tert-OH is 1. The average Bonchev–Trinajstić information content (AvgIpc) is 2.82. The van der Waals surface area contributed by atoms with Gasteiger partial charge in [-0.05, 0) is 25.2 Å². The van der Waals surface area contributed by atoms with Crippen molar-refractivity contribution in [2.45, 2.75) is 64.5 Å². The molecule has 0 aromatic carbocycles. The lowest BCUT2D eigenvalue weighted by Crippen LogP contribution is -2.57. The van der Waals surface area contributed by atoms with Crippen LogP contribution in [-0.4, -0.2) is 35.7 Å². The van der Waals surface area contributed by atoms with Crippen LogP contribution in [0.3, 0.4) is 0 Å². The second-order valence-corrected chi connectivity index (χ2v) is 5.84. The molecule has 0 aromatic rings. The molecule has 0 spiro atoms. The Kier molecular flexibility index (Phi) is 6.09. The van der Waals surface area contributed by atoms with Crippen LogP contribution in [0.1, 0.15) is 52.9 Å². The zero-order valence-electron chi connectivity index (χ0n) is 12.0. The first-order valence-electron chi connectivity index (χ1n) is 7.21. The van der Waals surface area contributed by atoms with Crippen LogP contribution in [0.15, 0.2) is 0 Å². The molecule has 106 valence electrons. The fourth-order valence-electron chi connectivity index (χ4n) is 2.39. The summed E-state index contributed by atoms with van der Waals surface area (Å²) in [6.07, 6.45) is 4.30. The molecule has 1 atom stereocenters. The third kappa shape index (κ3) is 4.25. The molecule has 1 fully saturated rings. The van der Waals surface area contributed by atoms with Crippen LogP contribution < -0.4 is 10.6 Å². The zero-order chi connectivity index (χ0) is 13.6. The predicted molar refractivity (Wildman–Crippen MR) is 73.3 cm³/mol. The minimum atomic E-state index is -0.439. The Morgan fingerprint density at radius 2 is 1.89 bits per heavy atom. The summed E-state index contributed by atoms with van der Waals surface area (Å²) in [7, 11) is 0. The van der Waals surface area contributed by atoms with E-state index < -0.39 is 5.54 Å². The largest absolute Gasteiger partial charge is 0.392 e. The van der Waals surface area contributed by atoms with Crippen molar-refractivity contribution < 1.29 is 9.90 Å². The number of β-amino-alcohol motifs (C(OH)–C–C–N with tert-alkyl or cyclic N) is 1. The summed E-state index contributed by atoms with van der Waals surface area (Å²) < 4.78 is 0. The van der Waals surface area contributed by atoms with Gasteiger partial charge in [-0.1, -0.05) is 33.6 Å². The molecule has 0 saturated heterocycles. The van der Waals surface area contributed by atoms with E-state index in [2.05, 4.69) is 24.5 Å². The number of nitrogens with one attached hydrogen (secondary N) is 2. The molecule has 18 heavy (non-hydrogen) atoms. The summed E-state index contributed by atoms with van der Waals surface area (Å²) in [6.45, 7) is 7.36. The van der Waals surface area contributed by atoms with Gasteiger partial charge in [-0.2, -0.15) is 0 Å². The van der Waals surface area contributed by atoms with Gasteiger partial charge in [-0.3, -0.25) is 4.79 Å². The SMILES string of the molecule is CC[C@@H](O)CNC1(C(=O)NCC(C)C)CCCC1. The Balaban J connectivity index is 2.53. The number of carbonyl (C=O) groups is 1. The number of carbonyl (C=O) groups excluding carboxylic acids is 1. The smallest absolute Gasteiger partial charge is 0.240 e. The molecule has 3 N–H and O–H groups in total. The van der Waals surface area contributed by atoms with Gasteiger partial charge in [-0.15, -0.1) is 0 Å². The van der Waals surface area contributed by atoms with Crippen molar-refractivity contribution in [1.29, 1.82) is 0 Å². The summed E-state index contributed by atoms with van der Waals surface area (Å²) in [5.74, 6) is 0.575. The Bertz CT molecular complexity index is 261. The van der Waals surface area contributed by atoms with Gasteiger partial charge >= 0.3 is 0 Å². The Labute approximate surface area is 111 Å². The van der Waals surface area contributed by atoms with Crippen LogP contribution in [0.4, 0.5) is 0 Å². The van der Waals surface area contributed by atoms with Gasteiger partial charge in [0.25, 0.3) is 0 Å². The average molecular weight is 256 g/mol. The van der Waals surface area contributed by atoms with Crippen molar-refractivity contribution in [3.8, 4) is 0 Å². The first-order chi connectivity index (χ1) is 8.50. The third-order valence-electron chi connectivity index (χ3n) is 3.71. The molecule has 0 aliphatic heterocycles. The van der Waals surface area contributed by atoms with Gasteiger partial charge in [0.05, 0.1) is 11.6 Å². The molecular formula is C14H28N2O2. The van der Waals surface area contributed by atoms with E-state index in [-0.39, 0.29) is 12.0 Å². The van der Waals surface area contributed by atoms with Crippen molar-refractivity contribution in [3.63, 3.8) is 0 Å². The van der Waals surface area contributed by atoms with E-state index in [0.29, 0.717) is 12.5 Å². The van der Waals surface area contributed by atoms with Crippen LogP contribution in [-0.2, 0) is 4.79 Å². The van der Waals surface area contributed by atoms with Crippen LogP contribution in [0.2, 0.25) is 0 Å². The zero-order valence-corrected chi connectivity index (χ0v) is 12.0. The maximum absolute atomic E-state index is 12.3. The number of rotatable bonds is 7. The highest BCUT2D eigenvalue weighted by molar-refractivity contribution is 5.86. The molecule has 0 bridgehead atoms. The first-order valence-corrected chi connectivity index (χ1v) is 7.21. The number of aliphatic hydroxyl groups is 1. The maximum Gasteiger partial charge on any atom is 0.240 e. The van der Waals surface area contributed by atoms with Gasteiger partial charge in [0.2, 0.25) is 5.91 Å². The second kappa shape index (κ2) is 7.10. The minimum absolute atomic E-state index is 0.108. The molecule has 1 amide bonds. The second-order valence-electron chi connectivity index (χ2n) is 5.84. The highest BCUT2D eigenvalue weighted by Crippen LogP contribution is 2.30. The van der Waals surface area contributed by atoms with E-state index in [0.717, 1.165) is 38.6 Å². The third-order valence-corrected chi connectivity index (χ3v) is 3.71. The number of amides is 1. The van der Waals surface area contributed by atoms with Gasteiger partial charge in [0.15, 0.2) is 0 Å². The summed E-state index contributed by atoms with van der Waals surface area (Å²) in [5.41, 5.74) is -0.439. The van der Waals surface area contributed by atoms with Gasteiger partial charge < -0.3 is 15.7 Å². The van der Waals surface area contributed by atoms with Crippen molar-refractivity contribution in [3.05, 3.63) is 0 Å². The molecule has 4 nitrogen and oxygen atoms in total. The highest BCUT2D eigenvalue weighted by Gasteiger charge is 2.40. The van der Waals surface area contributed by atoms with Crippen molar-refractivity contribution in [1.82, 2.24) is 10.6 Å². The van der Waals surface area contributed by atoms with Gasteiger partial charge in [0.1, 0.15) is 0 Å². The molecule has 0 unspecified atom stereocenters. The molecule has 0 heterocycles. The highest BCUT2D eigenvalue weighted by atomic mass is 16.3. The monoisotopic (exact) mass is 256 g/mol. The lowest BCUT2D eigenvalue weighted by Gasteiger charge is -2.30. The fraction of sp³-hybridized carbons (Fsp3) is 0.929. The lowest BCUT2D eigenvalue weighted by atomic mass is 9.95. The molecule has 1 aliphatic carbocycles. The normalized spacial score (nSPS) is 20.1. The van der Waals surface area contributed by atoms with Crippen LogP contribution in [0.5, 0.6) is 0 Å². The summed E-state index contributed by atoms with van der Waals surface area (Å²) in [5, 5.41) is 16.0. The van der Waals surface area contributed by atoms with Gasteiger partial charge in [0, 0.05) is 13.1 Å². The Morgan fingerprint density at radius 3 is 2.39 bits per heavy atom. The summed E-state index contributed by atoms with van der Waals surface area (Å²) in [4.78, 5) is 12.3. The Morgan fingerprint density at radius 1 is 1.28 bits per heavy atom.